The number of aryl methyl sites for hydroxylation is 1. The summed E-state index contributed by atoms with van der Waals surface area (Å²) < 4.78 is 13.4. The van der Waals surface area contributed by atoms with Gasteiger partial charge in [-0.1, -0.05) is 12.1 Å². The molecule has 1 saturated carbocycles. The lowest BCUT2D eigenvalue weighted by atomic mass is 10.1. The monoisotopic (exact) mass is 294 g/mol. The molecule has 5 heteroatoms. The van der Waals surface area contributed by atoms with Crippen molar-refractivity contribution in [1.82, 2.24) is 10.2 Å². The molecular weight excluding hydrogens is 271 g/mol. The minimum absolute atomic E-state index is 0.124. The molecule has 0 saturated heterocycles. The molecule has 21 heavy (non-hydrogen) atoms. The van der Waals surface area contributed by atoms with Gasteiger partial charge in [-0.05, 0) is 49.9 Å². The molecule has 116 valence electrons. The van der Waals surface area contributed by atoms with E-state index in [0.29, 0.717) is 24.6 Å². The number of carbonyl (C=O) groups is 1. The van der Waals surface area contributed by atoms with Crippen LogP contribution in [0.4, 0.5) is 4.39 Å². The van der Waals surface area contributed by atoms with Crippen LogP contribution >= 0.6 is 0 Å². The van der Waals surface area contributed by atoms with Gasteiger partial charge in [0, 0.05) is 13.1 Å². The van der Waals surface area contributed by atoms with Gasteiger partial charge in [-0.2, -0.15) is 0 Å². The maximum atomic E-state index is 13.4. The van der Waals surface area contributed by atoms with Crippen molar-refractivity contribution in [1.29, 1.82) is 0 Å². The van der Waals surface area contributed by atoms with Crippen LogP contribution in [0.15, 0.2) is 18.2 Å². The van der Waals surface area contributed by atoms with E-state index >= 15 is 0 Å². The predicted molar refractivity (Wildman–Crippen MR) is 79.2 cm³/mol. The number of aliphatic hydroxyl groups excluding tert-OH is 1. The van der Waals surface area contributed by atoms with Gasteiger partial charge < -0.3 is 10.4 Å². The second kappa shape index (κ2) is 7.00. The Kier molecular flexibility index (Phi) is 5.31. The average molecular weight is 294 g/mol. The highest BCUT2D eigenvalue weighted by Gasteiger charge is 2.30. The largest absolute Gasteiger partial charge is 0.392 e. The van der Waals surface area contributed by atoms with Gasteiger partial charge in [-0.15, -0.1) is 0 Å². The summed E-state index contributed by atoms with van der Waals surface area (Å²) in [6.45, 7) is 2.77. The lowest BCUT2D eigenvalue weighted by molar-refractivity contribution is -0.122. The molecule has 1 aromatic carbocycles. The van der Waals surface area contributed by atoms with Gasteiger partial charge in [0.1, 0.15) is 5.82 Å². The van der Waals surface area contributed by atoms with Crippen LogP contribution in [0.1, 0.15) is 24.0 Å². The van der Waals surface area contributed by atoms with Crippen LogP contribution in [-0.2, 0) is 11.3 Å². The minimum Gasteiger partial charge on any atom is -0.392 e. The van der Waals surface area contributed by atoms with Crippen LogP contribution in [0.25, 0.3) is 0 Å². The Hall–Kier alpha value is -1.46. The Labute approximate surface area is 125 Å². The van der Waals surface area contributed by atoms with E-state index in [9.17, 15) is 14.3 Å². The Morgan fingerprint density at radius 3 is 2.86 bits per heavy atom. The van der Waals surface area contributed by atoms with Crippen molar-refractivity contribution in [2.75, 3.05) is 20.1 Å². The van der Waals surface area contributed by atoms with Crippen LogP contribution in [0.2, 0.25) is 0 Å². The van der Waals surface area contributed by atoms with Gasteiger partial charge in [0.25, 0.3) is 0 Å². The highest BCUT2D eigenvalue weighted by Crippen LogP contribution is 2.32. The third-order valence-electron chi connectivity index (χ3n) is 3.80. The van der Waals surface area contributed by atoms with E-state index in [1.165, 1.54) is 6.07 Å². The zero-order chi connectivity index (χ0) is 15.4. The summed E-state index contributed by atoms with van der Waals surface area (Å²) in [6, 6.07) is 4.95. The van der Waals surface area contributed by atoms with Crippen molar-refractivity contribution in [2.24, 2.45) is 5.92 Å². The number of amides is 1. The van der Waals surface area contributed by atoms with Gasteiger partial charge in [0.2, 0.25) is 5.91 Å². The highest BCUT2D eigenvalue weighted by atomic mass is 19.1. The molecule has 1 aromatic rings. The van der Waals surface area contributed by atoms with Gasteiger partial charge in [0.05, 0.1) is 12.6 Å². The summed E-state index contributed by atoms with van der Waals surface area (Å²) in [6.07, 6.45) is 1.83. The third kappa shape index (κ3) is 5.10. The molecule has 1 atom stereocenters. The maximum Gasteiger partial charge on any atom is 0.234 e. The summed E-state index contributed by atoms with van der Waals surface area (Å²) in [5.74, 6) is 0.0268. The molecule has 0 aromatic heterocycles. The molecule has 1 aliphatic rings. The lowest BCUT2D eigenvalue weighted by Gasteiger charge is -2.19. The number of halogens is 1. The topological polar surface area (TPSA) is 52.6 Å². The molecule has 1 amide bonds. The maximum absolute atomic E-state index is 13.4. The molecule has 1 unspecified atom stereocenters. The van der Waals surface area contributed by atoms with E-state index < -0.39 is 0 Å². The molecule has 0 radical (unpaired) electrons. The summed E-state index contributed by atoms with van der Waals surface area (Å²) in [4.78, 5) is 13.6. The number of hydrogen-bond acceptors (Lipinski definition) is 3. The zero-order valence-electron chi connectivity index (χ0n) is 12.6. The Balaban J connectivity index is 1.72. The third-order valence-corrected chi connectivity index (χ3v) is 3.80. The lowest BCUT2D eigenvalue weighted by Crippen LogP contribution is -2.38. The predicted octanol–water partition coefficient (Wildman–Crippen LogP) is 1.45. The van der Waals surface area contributed by atoms with Crippen molar-refractivity contribution in [3.05, 3.63) is 35.1 Å². The number of rotatable bonds is 7. The normalized spacial score (nSPS) is 16.0. The number of likely N-dealkylation sites (N-methyl/N-ethyl adjacent to an activating group) is 1. The van der Waals surface area contributed by atoms with Crippen LogP contribution in [0.5, 0.6) is 0 Å². The first-order valence-corrected chi connectivity index (χ1v) is 7.34. The summed E-state index contributed by atoms with van der Waals surface area (Å²) >= 11 is 0. The van der Waals surface area contributed by atoms with Crippen LogP contribution < -0.4 is 5.32 Å². The fourth-order valence-corrected chi connectivity index (χ4v) is 2.26. The van der Waals surface area contributed by atoms with E-state index in [-0.39, 0.29) is 24.4 Å². The van der Waals surface area contributed by atoms with E-state index in [4.69, 9.17) is 0 Å². The van der Waals surface area contributed by atoms with E-state index in [1.807, 2.05) is 11.9 Å². The van der Waals surface area contributed by atoms with Gasteiger partial charge >= 0.3 is 0 Å². The Bertz CT molecular complexity index is 503. The molecule has 4 nitrogen and oxygen atoms in total. The first-order chi connectivity index (χ1) is 9.95. The van der Waals surface area contributed by atoms with Crippen molar-refractivity contribution in [2.45, 2.75) is 32.4 Å². The van der Waals surface area contributed by atoms with Crippen LogP contribution in [0.3, 0.4) is 0 Å². The molecule has 0 aliphatic heterocycles. The number of hydrogen-bond donors (Lipinski definition) is 2. The number of aliphatic hydroxyl groups is 1. The smallest absolute Gasteiger partial charge is 0.234 e. The van der Waals surface area contributed by atoms with E-state index in [0.717, 1.165) is 18.4 Å². The second-order valence-corrected chi connectivity index (χ2v) is 5.96. The summed E-state index contributed by atoms with van der Waals surface area (Å²) in [5.41, 5.74) is 1.34. The number of carbonyl (C=O) groups excluding carboxylic acids is 1. The molecule has 1 aliphatic carbocycles. The van der Waals surface area contributed by atoms with Gasteiger partial charge in [0.15, 0.2) is 0 Å². The first kappa shape index (κ1) is 15.9. The fraction of sp³-hybridized carbons (Fsp3) is 0.562. The summed E-state index contributed by atoms with van der Waals surface area (Å²) in [5, 5.41) is 12.6. The minimum atomic E-state index is -0.339. The van der Waals surface area contributed by atoms with Crippen molar-refractivity contribution in [3.63, 3.8) is 0 Å². The standard InChI is InChI=1S/C16H23FN2O2/c1-11-3-4-12(7-14(11)17)8-18-16(21)10-19(2)9-15(20)13-5-6-13/h3-4,7,13,15,20H,5-6,8-10H2,1-2H3,(H,18,21). The zero-order valence-corrected chi connectivity index (χ0v) is 12.6. The number of nitrogens with one attached hydrogen (secondary N) is 1. The fourth-order valence-electron chi connectivity index (χ4n) is 2.26. The number of nitrogens with zero attached hydrogens (tertiary/aromatic N) is 1. The molecule has 0 bridgehead atoms. The van der Waals surface area contributed by atoms with Crippen molar-refractivity contribution < 1.29 is 14.3 Å². The van der Waals surface area contributed by atoms with E-state index in [1.54, 1.807) is 19.1 Å². The Morgan fingerprint density at radius 1 is 1.52 bits per heavy atom. The van der Waals surface area contributed by atoms with E-state index in [2.05, 4.69) is 5.32 Å². The van der Waals surface area contributed by atoms with Gasteiger partial charge in [-0.3, -0.25) is 9.69 Å². The molecule has 0 heterocycles. The highest BCUT2D eigenvalue weighted by molar-refractivity contribution is 5.77. The molecule has 2 N–H and O–H groups in total. The Morgan fingerprint density at radius 2 is 2.24 bits per heavy atom. The van der Waals surface area contributed by atoms with Crippen LogP contribution in [-0.4, -0.2) is 42.2 Å². The molecule has 2 rings (SSSR count). The van der Waals surface area contributed by atoms with Crippen molar-refractivity contribution in [3.8, 4) is 0 Å². The quantitative estimate of drug-likeness (QED) is 0.800. The van der Waals surface area contributed by atoms with Gasteiger partial charge in [-0.25, -0.2) is 4.39 Å². The first-order valence-electron chi connectivity index (χ1n) is 7.34. The molecular formula is C16H23FN2O2. The molecule has 0 spiro atoms. The summed E-state index contributed by atoms with van der Waals surface area (Å²) in [7, 11) is 1.82. The van der Waals surface area contributed by atoms with Crippen LogP contribution in [0, 0.1) is 18.7 Å². The molecule has 1 fully saturated rings. The van der Waals surface area contributed by atoms with Crippen molar-refractivity contribution >= 4 is 5.91 Å². The SMILES string of the molecule is Cc1ccc(CNC(=O)CN(C)CC(O)C2CC2)cc1F. The average Bonchev–Trinajstić information content (AvgIpc) is 3.24. The second-order valence-electron chi connectivity index (χ2n) is 5.96. The number of benzene rings is 1.